The number of rotatable bonds is 3. The van der Waals surface area contributed by atoms with Crippen molar-refractivity contribution < 1.29 is 19.0 Å². The van der Waals surface area contributed by atoms with Crippen LogP contribution in [0.3, 0.4) is 0 Å². The molecule has 2 aliphatic heterocycles. The number of ether oxygens (including phenoxy) is 3. The van der Waals surface area contributed by atoms with E-state index in [1.807, 2.05) is 86.8 Å². The van der Waals surface area contributed by atoms with Gasteiger partial charge in [0.25, 0.3) is 0 Å². The number of fused-ring (bicyclic) bond motifs is 6. The van der Waals surface area contributed by atoms with E-state index in [1.54, 1.807) is 7.11 Å². The molecule has 0 aromatic heterocycles. The number of anilines is 2. The van der Waals surface area contributed by atoms with Gasteiger partial charge in [0.2, 0.25) is 0 Å². The molecule has 0 saturated heterocycles. The molecular weight excluding hydrogens is 426 g/mol. The number of carbonyl (C=O) groups excluding carboxylic acids is 1. The average Bonchev–Trinajstić information content (AvgIpc) is 3.17. The van der Waals surface area contributed by atoms with Gasteiger partial charge in [0.1, 0.15) is 17.2 Å². The third kappa shape index (κ3) is 2.76. The fourth-order valence-electron chi connectivity index (χ4n) is 5.03. The first kappa shape index (κ1) is 20.4. The molecule has 6 rings (SSSR count). The molecule has 0 fully saturated rings. The highest BCUT2D eigenvalue weighted by Crippen LogP contribution is 2.57. The molecule has 1 unspecified atom stereocenters. The first-order valence-electron chi connectivity index (χ1n) is 11.2. The third-order valence-electron chi connectivity index (χ3n) is 6.74. The van der Waals surface area contributed by atoms with E-state index in [0.717, 1.165) is 33.6 Å². The van der Waals surface area contributed by atoms with E-state index in [2.05, 4.69) is 17.0 Å². The molecule has 0 amide bonds. The predicted octanol–water partition coefficient (Wildman–Crippen LogP) is 6.34. The number of esters is 1. The Morgan fingerprint density at radius 1 is 0.794 bits per heavy atom. The van der Waals surface area contributed by atoms with E-state index in [9.17, 15) is 4.79 Å². The molecule has 0 radical (unpaired) electrons. The largest absolute Gasteiger partial charge is 0.496 e. The zero-order valence-corrected chi connectivity index (χ0v) is 19.2. The van der Waals surface area contributed by atoms with Crippen LogP contribution < -0.4 is 14.4 Å². The zero-order valence-electron chi connectivity index (χ0n) is 19.2. The number of hydrogen-bond donors (Lipinski definition) is 0. The Hall–Kier alpha value is -4.25. The minimum absolute atomic E-state index is 0.339. The second-order valence-corrected chi connectivity index (χ2v) is 8.61. The van der Waals surface area contributed by atoms with Crippen molar-refractivity contribution in [2.24, 2.45) is 0 Å². The minimum Gasteiger partial charge on any atom is -0.496 e. The second kappa shape index (κ2) is 7.39. The maximum Gasteiger partial charge on any atom is 0.340 e. The SMILES string of the molecule is COc1cc2c(cc1C)C1(OC(=O)c3ccccc31)c1ccc(N(C)c3ccccc3)cc1O2. The zero-order chi connectivity index (χ0) is 23.4. The van der Waals surface area contributed by atoms with Crippen molar-refractivity contribution >= 4 is 17.3 Å². The van der Waals surface area contributed by atoms with Gasteiger partial charge >= 0.3 is 5.97 Å². The minimum atomic E-state index is -1.09. The van der Waals surface area contributed by atoms with Gasteiger partial charge in [0, 0.05) is 47.2 Å². The Morgan fingerprint density at radius 3 is 2.32 bits per heavy atom. The Balaban J connectivity index is 1.59. The quantitative estimate of drug-likeness (QED) is 0.342. The predicted molar refractivity (Wildman–Crippen MR) is 130 cm³/mol. The van der Waals surface area contributed by atoms with Crippen molar-refractivity contribution in [1.29, 1.82) is 0 Å². The van der Waals surface area contributed by atoms with Crippen LogP contribution in [0, 0.1) is 6.92 Å². The van der Waals surface area contributed by atoms with E-state index in [4.69, 9.17) is 14.2 Å². The summed E-state index contributed by atoms with van der Waals surface area (Å²) in [6.07, 6.45) is 0. The van der Waals surface area contributed by atoms with Gasteiger partial charge in [-0.3, -0.25) is 0 Å². The number of carbonyl (C=O) groups is 1. The first-order valence-corrected chi connectivity index (χ1v) is 11.2. The van der Waals surface area contributed by atoms with Gasteiger partial charge in [-0.15, -0.1) is 0 Å². The first-order chi connectivity index (χ1) is 16.5. The smallest absolute Gasteiger partial charge is 0.340 e. The van der Waals surface area contributed by atoms with Crippen LogP contribution >= 0.6 is 0 Å². The highest BCUT2D eigenvalue weighted by atomic mass is 16.6. The van der Waals surface area contributed by atoms with Gasteiger partial charge in [-0.05, 0) is 48.9 Å². The molecule has 4 aromatic rings. The number of nitrogens with zero attached hydrogens (tertiary/aromatic N) is 1. The maximum absolute atomic E-state index is 13.0. The van der Waals surface area contributed by atoms with Gasteiger partial charge in [-0.2, -0.15) is 0 Å². The van der Waals surface area contributed by atoms with Crippen molar-refractivity contribution in [1.82, 2.24) is 0 Å². The standard InChI is InChI=1S/C29H23NO4/c1-18-15-24-27(17-25(18)32-3)33-26-16-20(30(2)19-9-5-4-6-10-19)13-14-23(26)29(24)22-12-8-7-11-21(22)28(31)34-29/h4-17H,1-3H3. The molecule has 0 N–H and O–H groups in total. The van der Waals surface area contributed by atoms with Crippen LogP contribution in [-0.4, -0.2) is 20.1 Å². The van der Waals surface area contributed by atoms with Gasteiger partial charge < -0.3 is 19.1 Å². The van der Waals surface area contributed by atoms with Crippen molar-refractivity contribution in [3.05, 3.63) is 113 Å². The van der Waals surface area contributed by atoms with E-state index in [0.29, 0.717) is 22.8 Å². The average molecular weight is 450 g/mol. The fraction of sp³-hybridized carbons (Fsp3) is 0.138. The number of para-hydroxylation sites is 1. The Labute approximate surface area is 198 Å². The molecule has 4 aromatic carbocycles. The van der Waals surface area contributed by atoms with Gasteiger partial charge in [0.05, 0.1) is 12.7 Å². The van der Waals surface area contributed by atoms with E-state index < -0.39 is 5.60 Å². The van der Waals surface area contributed by atoms with Gasteiger partial charge in [-0.1, -0.05) is 36.4 Å². The molecule has 0 saturated carbocycles. The van der Waals surface area contributed by atoms with Crippen molar-refractivity contribution in [2.75, 3.05) is 19.1 Å². The van der Waals surface area contributed by atoms with E-state index in [1.165, 1.54) is 0 Å². The van der Waals surface area contributed by atoms with Crippen molar-refractivity contribution in [3.8, 4) is 17.2 Å². The van der Waals surface area contributed by atoms with Crippen molar-refractivity contribution in [3.63, 3.8) is 0 Å². The molecule has 2 aliphatic rings. The van der Waals surface area contributed by atoms with Crippen LogP contribution in [0.1, 0.15) is 32.6 Å². The van der Waals surface area contributed by atoms with Gasteiger partial charge in [-0.25, -0.2) is 4.79 Å². The summed E-state index contributed by atoms with van der Waals surface area (Å²) in [6, 6.07) is 27.6. The molecule has 34 heavy (non-hydrogen) atoms. The summed E-state index contributed by atoms with van der Waals surface area (Å²) >= 11 is 0. The topological polar surface area (TPSA) is 48.0 Å². The normalized spacial score (nSPS) is 17.3. The maximum atomic E-state index is 13.0. The van der Waals surface area contributed by atoms with Crippen molar-refractivity contribution in [2.45, 2.75) is 12.5 Å². The summed E-state index contributed by atoms with van der Waals surface area (Å²) in [5.41, 5.74) is 4.85. The van der Waals surface area contributed by atoms with E-state index in [-0.39, 0.29) is 5.97 Å². The molecular formula is C29H23NO4. The van der Waals surface area contributed by atoms with Gasteiger partial charge in [0.15, 0.2) is 5.60 Å². The fourth-order valence-corrected chi connectivity index (χ4v) is 5.03. The number of methoxy groups -OCH3 is 1. The lowest BCUT2D eigenvalue weighted by atomic mass is 9.77. The van der Waals surface area contributed by atoms with Crippen LogP contribution in [0.4, 0.5) is 11.4 Å². The number of aryl methyl sites for hydroxylation is 1. The number of hydrogen-bond acceptors (Lipinski definition) is 5. The van der Waals surface area contributed by atoms with E-state index >= 15 is 0 Å². The summed E-state index contributed by atoms with van der Waals surface area (Å²) in [6.45, 7) is 1.98. The molecule has 5 nitrogen and oxygen atoms in total. The second-order valence-electron chi connectivity index (χ2n) is 8.61. The van der Waals surface area contributed by atoms with Crippen LogP contribution in [0.2, 0.25) is 0 Å². The molecule has 1 spiro atoms. The lowest BCUT2D eigenvalue weighted by Crippen LogP contribution is -2.33. The summed E-state index contributed by atoms with van der Waals surface area (Å²) < 4.78 is 18.3. The Kier molecular flexibility index (Phi) is 4.42. The molecule has 168 valence electrons. The lowest BCUT2D eigenvalue weighted by Gasteiger charge is -2.37. The molecule has 0 bridgehead atoms. The number of benzene rings is 4. The highest BCUT2D eigenvalue weighted by molar-refractivity contribution is 5.97. The summed E-state index contributed by atoms with van der Waals surface area (Å²) in [5, 5.41) is 0. The Bertz CT molecular complexity index is 1450. The monoisotopic (exact) mass is 449 g/mol. The summed E-state index contributed by atoms with van der Waals surface area (Å²) in [5.74, 6) is 1.63. The summed E-state index contributed by atoms with van der Waals surface area (Å²) in [7, 11) is 3.65. The molecule has 0 aliphatic carbocycles. The molecule has 2 heterocycles. The third-order valence-corrected chi connectivity index (χ3v) is 6.74. The Morgan fingerprint density at radius 2 is 1.53 bits per heavy atom. The molecule has 1 atom stereocenters. The van der Waals surface area contributed by atoms with Crippen LogP contribution in [0.25, 0.3) is 0 Å². The van der Waals surface area contributed by atoms with Crippen LogP contribution in [0.15, 0.2) is 84.9 Å². The lowest BCUT2D eigenvalue weighted by molar-refractivity contribution is 0.0224. The summed E-state index contributed by atoms with van der Waals surface area (Å²) in [4.78, 5) is 15.1. The van der Waals surface area contributed by atoms with Crippen LogP contribution in [0.5, 0.6) is 17.2 Å². The van der Waals surface area contributed by atoms with Crippen LogP contribution in [-0.2, 0) is 10.3 Å². The molecule has 5 heteroatoms. The highest BCUT2D eigenvalue weighted by Gasteiger charge is 2.53.